The van der Waals surface area contributed by atoms with Crippen LogP contribution in [0, 0.1) is 13.8 Å². The first-order valence-corrected chi connectivity index (χ1v) is 10.8. The molecule has 0 N–H and O–H groups in total. The summed E-state index contributed by atoms with van der Waals surface area (Å²) in [5.74, 6) is 0.550. The van der Waals surface area contributed by atoms with Crippen molar-refractivity contribution in [1.82, 2.24) is 0 Å². The molecule has 4 nitrogen and oxygen atoms in total. The quantitative estimate of drug-likeness (QED) is 0.488. The van der Waals surface area contributed by atoms with Crippen LogP contribution in [0.4, 0.5) is 5.69 Å². The molecule has 24 heavy (non-hydrogen) atoms. The van der Waals surface area contributed by atoms with Crippen LogP contribution in [0.25, 0.3) is 0 Å². The Morgan fingerprint density at radius 3 is 2.54 bits per heavy atom. The Kier molecular flexibility index (Phi) is 4.99. The number of hydrogen-bond donors (Lipinski definition) is 0. The molecule has 0 saturated carbocycles. The average Bonchev–Trinajstić information content (AvgIpc) is 2.55. The molecule has 0 saturated heterocycles. The number of ether oxygens (including phenoxy) is 1. The van der Waals surface area contributed by atoms with Crippen molar-refractivity contribution >= 4 is 49.9 Å². The van der Waals surface area contributed by atoms with Gasteiger partial charge in [0, 0.05) is 9.45 Å². The molecule has 128 valence electrons. The summed E-state index contributed by atoms with van der Waals surface area (Å²) in [5.41, 5.74) is 2.37. The van der Waals surface area contributed by atoms with E-state index in [0.717, 1.165) is 11.1 Å². The third kappa shape index (κ3) is 3.11. The van der Waals surface area contributed by atoms with Gasteiger partial charge in [-0.25, -0.2) is 8.42 Å². The Labute approximate surface area is 161 Å². The number of anilines is 1. The molecule has 1 atom stereocenters. The number of aryl methyl sites for hydroxylation is 2. The van der Waals surface area contributed by atoms with E-state index in [1.165, 1.54) is 4.31 Å². The van der Waals surface area contributed by atoms with Gasteiger partial charge in [-0.1, -0.05) is 51.9 Å². The molecular formula is C17H17ClINO3S. The molecule has 2 aromatic carbocycles. The van der Waals surface area contributed by atoms with Crippen molar-refractivity contribution in [1.29, 1.82) is 0 Å². The maximum atomic E-state index is 13.3. The Morgan fingerprint density at radius 1 is 1.25 bits per heavy atom. The lowest BCUT2D eigenvalue weighted by atomic mass is 10.1. The van der Waals surface area contributed by atoms with Crippen molar-refractivity contribution in [3.8, 4) is 5.75 Å². The topological polar surface area (TPSA) is 46.6 Å². The first kappa shape index (κ1) is 17.8. The lowest BCUT2D eigenvalue weighted by molar-refractivity contribution is 0.284. The number of hydrogen-bond acceptors (Lipinski definition) is 3. The highest BCUT2D eigenvalue weighted by Crippen LogP contribution is 2.41. The number of sulfonamides is 1. The molecule has 1 heterocycles. The zero-order valence-corrected chi connectivity index (χ0v) is 17.0. The molecular weight excluding hydrogens is 461 g/mol. The van der Waals surface area contributed by atoms with E-state index in [1.807, 2.05) is 13.8 Å². The van der Waals surface area contributed by atoms with Gasteiger partial charge >= 0.3 is 0 Å². The van der Waals surface area contributed by atoms with Gasteiger partial charge in [-0.15, -0.1) is 0 Å². The smallest absolute Gasteiger partial charge is 0.264 e. The largest absolute Gasteiger partial charge is 0.489 e. The van der Waals surface area contributed by atoms with Gasteiger partial charge in [0.1, 0.15) is 12.4 Å². The molecule has 0 spiro atoms. The molecule has 7 heteroatoms. The highest BCUT2D eigenvalue weighted by Gasteiger charge is 2.37. The predicted molar refractivity (Wildman–Crippen MR) is 105 cm³/mol. The zero-order chi connectivity index (χ0) is 17.5. The van der Waals surface area contributed by atoms with Crippen LogP contribution in [0.1, 0.15) is 11.1 Å². The third-order valence-corrected chi connectivity index (χ3v) is 7.30. The third-order valence-electron chi connectivity index (χ3n) is 4.00. The number of nitrogens with zero attached hydrogens (tertiary/aromatic N) is 1. The van der Waals surface area contributed by atoms with Crippen molar-refractivity contribution in [2.75, 3.05) is 15.3 Å². The van der Waals surface area contributed by atoms with Gasteiger partial charge in [0.05, 0.1) is 16.6 Å². The minimum absolute atomic E-state index is 0.271. The van der Waals surface area contributed by atoms with Crippen LogP contribution in [-0.2, 0) is 10.0 Å². The van der Waals surface area contributed by atoms with Crippen LogP contribution in [-0.4, -0.2) is 25.5 Å². The van der Waals surface area contributed by atoms with E-state index in [-0.39, 0.29) is 10.9 Å². The van der Waals surface area contributed by atoms with E-state index >= 15 is 0 Å². The molecule has 1 aliphatic heterocycles. The zero-order valence-electron chi connectivity index (χ0n) is 13.3. The van der Waals surface area contributed by atoms with Gasteiger partial charge < -0.3 is 4.74 Å². The summed E-state index contributed by atoms with van der Waals surface area (Å²) in [6, 6.07) is 10.1. The van der Waals surface area contributed by atoms with Crippen molar-refractivity contribution in [3.05, 3.63) is 52.5 Å². The van der Waals surface area contributed by atoms with Crippen molar-refractivity contribution < 1.29 is 13.2 Å². The summed E-state index contributed by atoms with van der Waals surface area (Å²) in [6.45, 7) is 4.12. The number of rotatable bonds is 3. The van der Waals surface area contributed by atoms with Gasteiger partial charge in [-0.3, -0.25) is 4.31 Å². The summed E-state index contributed by atoms with van der Waals surface area (Å²) in [5, 5.41) is 0.524. The Hall–Kier alpha value is -0.990. The highest BCUT2D eigenvalue weighted by molar-refractivity contribution is 14.1. The average molecular weight is 478 g/mol. The molecule has 0 amide bonds. The van der Waals surface area contributed by atoms with Crippen molar-refractivity contribution in [3.63, 3.8) is 0 Å². The van der Waals surface area contributed by atoms with Crippen LogP contribution in [0.15, 0.2) is 41.3 Å². The monoisotopic (exact) mass is 477 g/mol. The van der Waals surface area contributed by atoms with E-state index in [1.54, 1.807) is 36.4 Å². The SMILES string of the molecule is Cc1ccc(S(=O)(=O)N2c3cc(Cl)c(C)cc3OCC2CI)cc1. The van der Waals surface area contributed by atoms with E-state index < -0.39 is 10.0 Å². The van der Waals surface area contributed by atoms with E-state index in [4.69, 9.17) is 16.3 Å². The molecule has 0 aromatic heterocycles. The second kappa shape index (κ2) is 6.72. The second-order valence-corrected chi connectivity index (χ2v) is 8.91. The fraction of sp³-hybridized carbons (Fsp3) is 0.294. The van der Waals surface area contributed by atoms with Crippen LogP contribution >= 0.6 is 34.2 Å². The fourth-order valence-electron chi connectivity index (χ4n) is 2.64. The van der Waals surface area contributed by atoms with Crippen LogP contribution < -0.4 is 9.04 Å². The Balaban J connectivity index is 2.17. The summed E-state index contributed by atoms with van der Waals surface area (Å²) in [7, 11) is -3.69. The van der Waals surface area contributed by atoms with E-state index in [2.05, 4.69) is 22.6 Å². The Bertz CT molecular complexity index is 868. The number of halogens is 2. The number of fused-ring (bicyclic) bond motifs is 1. The van der Waals surface area contributed by atoms with Crippen LogP contribution in [0.5, 0.6) is 5.75 Å². The van der Waals surface area contributed by atoms with Crippen LogP contribution in [0.3, 0.4) is 0 Å². The van der Waals surface area contributed by atoms with Gasteiger partial charge in [0.25, 0.3) is 10.0 Å². The molecule has 0 bridgehead atoms. The molecule has 0 radical (unpaired) electrons. The van der Waals surface area contributed by atoms with Crippen molar-refractivity contribution in [2.45, 2.75) is 24.8 Å². The fourth-order valence-corrected chi connectivity index (χ4v) is 5.35. The summed E-state index contributed by atoms with van der Waals surface area (Å²) in [6.07, 6.45) is 0. The first-order chi connectivity index (χ1) is 11.3. The molecule has 1 unspecified atom stereocenters. The van der Waals surface area contributed by atoms with Gasteiger partial charge in [-0.2, -0.15) is 0 Å². The van der Waals surface area contributed by atoms with Gasteiger partial charge in [0.2, 0.25) is 0 Å². The minimum atomic E-state index is -3.69. The molecule has 0 fully saturated rings. The summed E-state index contributed by atoms with van der Waals surface area (Å²) >= 11 is 8.42. The maximum absolute atomic E-state index is 13.3. The molecule has 1 aliphatic rings. The first-order valence-electron chi connectivity index (χ1n) is 7.44. The second-order valence-electron chi connectivity index (χ2n) is 5.80. The standard InChI is InChI=1S/C17H17ClINO3S/c1-11-3-5-14(6-4-11)24(21,22)20-13(9-19)10-23-17-7-12(2)15(18)8-16(17)20/h3-8,13H,9-10H2,1-2H3. The van der Waals surface area contributed by atoms with E-state index in [9.17, 15) is 8.42 Å². The number of alkyl halides is 1. The maximum Gasteiger partial charge on any atom is 0.264 e. The molecule has 0 aliphatic carbocycles. The minimum Gasteiger partial charge on any atom is -0.489 e. The number of benzene rings is 2. The molecule has 3 rings (SSSR count). The van der Waals surface area contributed by atoms with Crippen molar-refractivity contribution in [2.24, 2.45) is 0 Å². The van der Waals surface area contributed by atoms with Crippen LogP contribution in [0.2, 0.25) is 5.02 Å². The summed E-state index contributed by atoms with van der Waals surface area (Å²) < 4.78 is 34.3. The van der Waals surface area contributed by atoms with E-state index in [0.29, 0.717) is 27.5 Å². The Morgan fingerprint density at radius 2 is 1.92 bits per heavy atom. The normalized spacial score (nSPS) is 17.3. The highest BCUT2D eigenvalue weighted by atomic mass is 127. The predicted octanol–water partition coefficient (Wildman–Crippen LogP) is 4.35. The molecule has 2 aromatic rings. The van der Waals surface area contributed by atoms with Gasteiger partial charge in [-0.05, 0) is 43.7 Å². The summed E-state index contributed by atoms with van der Waals surface area (Å²) in [4.78, 5) is 0.271. The van der Waals surface area contributed by atoms with Gasteiger partial charge in [0.15, 0.2) is 0 Å². The lowest BCUT2D eigenvalue weighted by Crippen LogP contribution is -2.47. The lowest BCUT2D eigenvalue weighted by Gasteiger charge is -2.37.